The predicted octanol–water partition coefficient (Wildman–Crippen LogP) is 2.71. The summed E-state index contributed by atoms with van der Waals surface area (Å²) < 4.78 is 16.2. The molecular formula is C18H18N4O3. The zero-order valence-corrected chi connectivity index (χ0v) is 14.0. The lowest BCUT2D eigenvalue weighted by atomic mass is 10.1. The van der Waals surface area contributed by atoms with Gasteiger partial charge in [0.1, 0.15) is 19.5 Å². The molecule has 0 saturated carbocycles. The van der Waals surface area contributed by atoms with Crippen LogP contribution < -0.4 is 14.2 Å². The molecule has 2 aromatic heterocycles. The van der Waals surface area contributed by atoms with Gasteiger partial charge in [-0.05, 0) is 12.5 Å². The van der Waals surface area contributed by atoms with E-state index in [1.165, 1.54) is 11.9 Å². The molecule has 0 aliphatic carbocycles. The third-order valence-electron chi connectivity index (χ3n) is 3.43. The summed E-state index contributed by atoms with van der Waals surface area (Å²) in [7, 11) is 1.56. The van der Waals surface area contributed by atoms with E-state index in [2.05, 4.69) is 19.9 Å². The first-order valence-corrected chi connectivity index (χ1v) is 7.75. The Kier molecular flexibility index (Phi) is 5.36. The van der Waals surface area contributed by atoms with Crippen molar-refractivity contribution in [2.75, 3.05) is 20.3 Å². The van der Waals surface area contributed by atoms with Crippen molar-refractivity contribution in [2.45, 2.75) is 6.92 Å². The van der Waals surface area contributed by atoms with Crippen molar-refractivity contribution < 1.29 is 14.2 Å². The molecule has 0 unspecified atom stereocenters. The van der Waals surface area contributed by atoms with Crippen LogP contribution in [0.15, 0.2) is 49.2 Å². The molecule has 7 nitrogen and oxygen atoms in total. The lowest BCUT2D eigenvalue weighted by Crippen LogP contribution is -2.11. The second kappa shape index (κ2) is 8.05. The molecule has 0 atom stereocenters. The largest absolute Gasteiger partial charge is 0.494 e. The summed E-state index contributed by atoms with van der Waals surface area (Å²) in [5, 5.41) is 0. The maximum absolute atomic E-state index is 5.73. The van der Waals surface area contributed by atoms with E-state index in [9.17, 15) is 0 Å². The Morgan fingerprint density at radius 1 is 0.880 bits per heavy atom. The highest BCUT2D eigenvalue weighted by molar-refractivity contribution is 5.67. The van der Waals surface area contributed by atoms with Crippen LogP contribution in [0.1, 0.15) is 5.56 Å². The van der Waals surface area contributed by atoms with E-state index < -0.39 is 0 Å². The normalized spacial score (nSPS) is 10.3. The summed E-state index contributed by atoms with van der Waals surface area (Å²) in [6.45, 7) is 2.65. The maximum atomic E-state index is 5.73. The molecule has 7 heteroatoms. The molecule has 0 aliphatic heterocycles. The van der Waals surface area contributed by atoms with E-state index >= 15 is 0 Å². The molecule has 3 aromatic rings. The van der Waals surface area contributed by atoms with E-state index in [-0.39, 0.29) is 6.01 Å². The third kappa shape index (κ3) is 4.41. The first kappa shape index (κ1) is 16.6. The smallest absolute Gasteiger partial charge is 0.316 e. The second-order valence-corrected chi connectivity index (χ2v) is 5.21. The molecule has 25 heavy (non-hydrogen) atoms. The number of aryl methyl sites for hydroxylation is 1. The Morgan fingerprint density at radius 2 is 1.60 bits per heavy atom. The van der Waals surface area contributed by atoms with E-state index in [1.54, 1.807) is 25.7 Å². The zero-order chi connectivity index (χ0) is 17.5. The van der Waals surface area contributed by atoms with Gasteiger partial charge in [-0.25, -0.2) is 9.97 Å². The molecule has 128 valence electrons. The molecule has 1 aromatic carbocycles. The summed E-state index contributed by atoms with van der Waals surface area (Å²) >= 11 is 0. The molecule has 0 aliphatic rings. The van der Waals surface area contributed by atoms with Crippen LogP contribution in [0.5, 0.6) is 17.6 Å². The zero-order valence-electron chi connectivity index (χ0n) is 14.0. The fraction of sp³-hybridized carbons (Fsp3) is 0.222. The molecular weight excluding hydrogens is 320 g/mol. The van der Waals surface area contributed by atoms with Crippen LogP contribution in [0.2, 0.25) is 0 Å². The monoisotopic (exact) mass is 338 g/mol. The van der Waals surface area contributed by atoms with Gasteiger partial charge < -0.3 is 14.2 Å². The Labute approximate surface area is 145 Å². The summed E-state index contributed by atoms with van der Waals surface area (Å²) in [6.07, 6.45) is 6.28. The van der Waals surface area contributed by atoms with Crippen LogP contribution in [0, 0.1) is 6.92 Å². The van der Waals surface area contributed by atoms with Gasteiger partial charge in [0.05, 0.1) is 25.1 Å². The molecule has 0 spiro atoms. The number of methoxy groups -OCH3 is 1. The molecule has 0 fully saturated rings. The van der Waals surface area contributed by atoms with Crippen molar-refractivity contribution in [3.63, 3.8) is 0 Å². The Morgan fingerprint density at radius 3 is 2.32 bits per heavy atom. The molecule has 0 radical (unpaired) electrons. The van der Waals surface area contributed by atoms with Crippen LogP contribution in [0.25, 0.3) is 11.1 Å². The quantitative estimate of drug-likeness (QED) is 0.613. The van der Waals surface area contributed by atoms with E-state index in [0.29, 0.717) is 24.8 Å². The molecule has 3 rings (SSSR count). The van der Waals surface area contributed by atoms with Crippen LogP contribution in [-0.2, 0) is 0 Å². The average Bonchev–Trinajstić information content (AvgIpc) is 2.67. The number of ether oxygens (including phenoxy) is 3. The Balaban J connectivity index is 1.59. The van der Waals surface area contributed by atoms with Gasteiger partial charge in [0.25, 0.3) is 0 Å². The van der Waals surface area contributed by atoms with Crippen molar-refractivity contribution >= 4 is 0 Å². The Bertz CT molecular complexity index is 807. The van der Waals surface area contributed by atoms with E-state index in [1.807, 2.05) is 31.2 Å². The summed E-state index contributed by atoms with van der Waals surface area (Å²) in [5.41, 5.74) is 3.03. The van der Waals surface area contributed by atoms with Crippen LogP contribution in [-0.4, -0.2) is 40.3 Å². The van der Waals surface area contributed by atoms with Crippen LogP contribution >= 0.6 is 0 Å². The minimum atomic E-state index is 0.269. The summed E-state index contributed by atoms with van der Waals surface area (Å²) in [6, 6.07) is 8.38. The van der Waals surface area contributed by atoms with Crippen molar-refractivity contribution in [1.82, 2.24) is 19.9 Å². The molecule has 0 saturated heterocycles. The fourth-order valence-electron chi connectivity index (χ4n) is 2.12. The topological polar surface area (TPSA) is 79.2 Å². The number of hydrogen-bond acceptors (Lipinski definition) is 7. The second-order valence-electron chi connectivity index (χ2n) is 5.21. The van der Waals surface area contributed by atoms with E-state index in [0.717, 1.165) is 11.1 Å². The summed E-state index contributed by atoms with van der Waals surface area (Å²) in [4.78, 5) is 16.3. The highest BCUT2D eigenvalue weighted by Gasteiger charge is 2.08. The number of benzene rings is 1. The van der Waals surface area contributed by atoms with Gasteiger partial charge in [0.15, 0.2) is 5.75 Å². The maximum Gasteiger partial charge on any atom is 0.316 e. The average molecular weight is 338 g/mol. The third-order valence-corrected chi connectivity index (χ3v) is 3.43. The van der Waals surface area contributed by atoms with Gasteiger partial charge in [-0.15, -0.1) is 0 Å². The fourth-order valence-corrected chi connectivity index (χ4v) is 2.12. The number of nitrogens with zero attached hydrogens (tertiary/aromatic N) is 4. The highest BCUT2D eigenvalue weighted by Crippen LogP contribution is 2.27. The molecule has 0 amide bonds. The minimum Gasteiger partial charge on any atom is -0.494 e. The summed E-state index contributed by atoms with van der Waals surface area (Å²) in [5.74, 6) is 1.09. The standard InChI is InChI=1S/C18H18N4O3/c1-13-3-5-14(6-4-13)16-11-19-12-22-17(16)24-7-8-25-18-20-9-15(23-2)10-21-18/h3-6,9-12H,7-8H2,1-2H3. The molecule has 0 bridgehead atoms. The van der Waals surface area contributed by atoms with Gasteiger partial charge >= 0.3 is 6.01 Å². The SMILES string of the molecule is COc1cnc(OCCOc2ncncc2-c2ccc(C)cc2)nc1. The lowest BCUT2D eigenvalue weighted by Gasteiger charge is -2.10. The lowest BCUT2D eigenvalue weighted by molar-refractivity contribution is 0.201. The predicted molar refractivity (Wildman–Crippen MR) is 91.8 cm³/mol. The van der Waals surface area contributed by atoms with Crippen LogP contribution in [0.3, 0.4) is 0 Å². The number of rotatable bonds is 7. The van der Waals surface area contributed by atoms with Crippen molar-refractivity contribution in [2.24, 2.45) is 0 Å². The minimum absolute atomic E-state index is 0.269. The van der Waals surface area contributed by atoms with Crippen molar-refractivity contribution in [3.8, 4) is 28.8 Å². The first-order chi connectivity index (χ1) is 12.3. The van der Waals surface area contributed by atoms with Gasteiger partial charge in [-0.1, -0.05) is 29.8 Å². The number of hydrogen-bond donors (Lipinski definition) is 0. The van der Waals surface area contributed by atoms with Crippen LogP contribution in [0.4, 0.5) is 0 Å². The molecule has 0 N–H and O–H groups in total. The van der Waals surface area contributed by atoms with Crippen molar-refractivity contribution in [1.29, 1.82) is 0 Å². The molecule has 2 heterocycles. The van der Waals surface area contributed by atoms with Gasteiger partial charge in [-0.2, -0.15) is 9.97 Å². The Hall–Kier alpha value is -3.22. The number of aromatic nitrogens is 4. The highest BCUT2D eigenvalue weighted by atomic mass is 16.5. The van der Waals surface area contributed by atoms with E-state index in [4.69, 9.17) is 14.2 Å². The van der Waals surface area contributed by atoms with Gasteiger partial charge in [0.2, 0.25) is 5.88 Å². The first-order valence-electron chi connectivity index (χ1n) is 7.75. The van der Waals surface area contributed by atoms with Gasteiger partial charge in [-0.3, -0.25) is 0 Å². The van der Waals surface area contributed by atoms with Crippen molar-refractivity contribution in [3.05, 3.63) is 54.7 Å². The van der Waals surface area contributed by atoms with Gasteiger partial charge in [0, 0.05) is 6.20 Å².